The van der Waals surface area contributed by atoms with Crippen LogP contribution >= 0.6 is 11.6 Å². The average molecular weight is 343 g/mol. The Hall–Kier alpha value is -2.37. The summed E-state index contributed by atoms with van der Waals surface area (Å²) in [7, 11) is 1.68. The SMILES string of the molecule is COCCNc1nc(Nc2cccc(Cl)c2C)nc2ccccc12. The molecule has 0 radical (unpaired) electrons. The molecule has 1 heterocycles. The lowest BCUT2D eigenvalue weighted by Gasteiger charge is -2.13. The molecule has 0 fully saturated rings. The maximum Gasteiger partial charge on any atom is 0.229 e. The normalized spacial score (nSPS) is 10.8. The van der Waals surface area contributed by atoms with Crippen molar-refractivity contribution in [2.24, 2.45) is 0 Å². The van der Waals surface area contributed by atoms with Gasteiger partial charge in [-0.1, -0.05) is 29.8 Å². The molecule has 3 aromatic rings. The van der Waals surface area contributed by atoms with Gasteiger partial charge in [0.15, 0.2) is 0 Å². The van der Waals surface area contributed by atoms with Crippen LogP contribution in [0, 0.1) is 6.92 Å². The zero-order valence-corrected chi connectivity index (χ0v) is 14.4. The molecule has 2 N–H and O–H groups in total. The molecule has 124 valence electrons. The summed E-state index contributed by atoms with van der Waals surface area (Å²) in [5.74, 6) is 1.30. The van der Waals surface area contributed by atoms with E-state index in [9.17, 15) is 0 Å². The van der Waals surface area contributed by atoms with Crippen molar-refractivity contribution in [2.75, 3.05) is 30.9 Å². The van der Waals surface area contributed by atoms with Crippen molar-refractivity contribution in [3.63, 3.8) is 0 Å². The summed E-state index contributed by atoms with van der Waals surface area (Å²) < 4.78 is 5.09. The van der Waals surface area contributed by atoms with Crippen LogP contribution in [0.5, 0.6) is 0 Å². The Bertz CT molecular complexity index is 854. The van der Waals surface area contributed by atoms with E-state index in [1.54, 1.807) is 7.11 Å². The number of nitrogens with one attached hydrogen (secondary N) is 2. The molecule has 5 nitrogen and oxygen atoms in total. The Morgan fingerprint density at radius 1 is 1.08 bits per heavy atom. The molecule has 0 amide bonds. The standard InChI is InChI=1S/C18H19ClN4O/c1-12-14(19)7-5-9-15(12)21-18-22-16-8-4-3-6-13(16)17(23-18)20-10-11-24-2/h3-9H,10-11H2,1-2H3,(H2,20,21,22,23). The third kappa shape index (κ3) is 3.58. The van der Waals surface area contributed by atoms with Crippen molar-refractivity contribution in [3.8, 4) is 0 Å². The molecule has 3 rings (SSSR count). The number of halogens is 1. The second-order valence-electron chi connectivity index (χ2n) is 5.37. The molecule has 6 heteroatoms. The van der Waals surface area contributed by atoms with E-state index >= 15 is 0 Å². The van der Waals surface area contributed by atoms with Gasteiger partial charge in [-0.25, -0.2) is 4.98 Å². The Labute approximate surface area is 146 Å². The minimum atomic E-state index is 0.527. The second-order valence-corrected chi connectivity index (χ2v) is 5.78. The lowest BCUT2D eigenvalue weighted by atomic mass is 10.2. The number of benzene rings is 2. The third-order valence-corrected chi connectivity index (χ3v) is 4.13. The van der Waals surface area contributed by atoms with E-state index in [0.717, 1.165) is 28.0 Å². The highest BCUT2D eigenvalue weighted by molar-refractivity contribution is 6.31. The van der Waals surface area contributed by atoms with Crippen molar-refractivity contribution in [1.29, 1.82) is 0 Å². The summed E-state index contributed by atoms with van der Waals surface area (Å²) in [6.07, 6.45) is 0. The van der Waals surface area contributed by atoms with Crippen LogP contribution in [-0.4, -0.2) is 30.2 Å². The summed E-state index contributed by atoms with van der Waals surface area (Å²) in [6, 6.07) is 13.6. The number of nitrogens with zero attached hydrogens (tertiary/aromatic N) is 2. The fraction of sp³-hybridized carbons (Fsp3) is 0.222. The Kier molecular flexibility index (Phi) is 5.13. The predicted molar refractivity (Wildman–Crippen MR) is 99.4 cm³/mol. The highest BCUT2D eigenvalue weighted by Gasteiger charge is 2.09. The van der Waals surface area contributed by atoms with Gasteiger partial charge in [-0.2, -0.15) is 4.98 Å². The van der Waals surface area contributed by atoms with Crippen LogP contribution in [0.1, 0.15) is 5.56 Å². The van der Waals surface area contributed by atoms with Crippen LogP contribution in [0.2, 0.25) is 5.02 Å². The van der Waals surface area contributed by atoms with Gasteiger partial charge in [0.1, 0.15) is 5.82 Å². The van der Waals surface area contributed by atoms with E-state index in [-0.39, 0.29) is 0 Å². The zero-order chi connectivity index (χ0) is 16.9. The largest absolute Gasteiger partial charge is 0.383 e. The van der Waals surface area contributed by atoms with Gasteiger partial charge < -0.3 is 15.4 Å². The number of hydrogen-bond acceptors (Lipinski definition) is 5. The van der Waals surface area contributed by atoms with Crippen LogP contribution in [-0.2, 0) is 4.74 Å². The number of fused-ring (bicyclic) bond motifs is 1. The molecule has 0 saturated carbocycles. The molecule has 1 aromatic heterocycles. The summed E-state index contributed by atoms with van der Waals surface area (Å²) in [5.41, 5.74) is 2.72. The van der Waals surface area contributed by atoms with Gasteiger partial charge in [-0.05, 0) is 36.8 Å². The van der Waals surface area contributed by atoms with E-state index in [0.29, 0.717) is 24.1 Å². The van der Waals surface area contributed by atoms with E-state index < -0.39 is 0 Å². The molecule has 0 aliphatic carbocycles. The van der Waals surface area contributed by atoms with Gasteiger partial charge in [0.2, 0.25) is 5.95 Å². The first-order valence-corrected chi connectivity index (χ1v) is 8.08. The molecule has 2 aromatic carbocycles. The molecule has 0 aliphatic heterocycles. The minimum absolute atomic E-state index is 0.527. The summed E-state index contributed by atoms with van der Waals surface area (Å²) in [4.78, 5) is 9.20. The smallest absolute Gasteiger partial charge is 0.229 e. The molecular formula is C18H19ClN4O. The van der Waals surface area contributed by atoms with E-state index in [1.807, 2.05) is 49.4 Å². The average Bonchev–Trinajstić information content (AvgIpc) is 2.59. The predicted octanol–water partition coefficient (Wildman–Crippen LogP) is 4.39. The number of para-hydroxylation sites is 1. The van der Waals surface area contributed by atoms with Crippen molar-refractivity contribution >= 4 is 40.0 Å². The highest BCUT2D eigenvalue weighted by Crippen LogP contribution is 2.27. The molecule has 24 heavy (non-hydrogen) atoms. The summed E-state index contributed by atoms with van der Waals surface area (Å²) >= 11 is 6.18. The first-order valence-electron chi connectivity index (χ1n) is 7.71. The summed E-state index contributed by atoms with van der Waals surface area (Å²) in [5, 5.41) is 8.24. The molecule has 0 atom stereocenters. The quantitative estimate of drug-likeness (QED) is 0.650. The number of methoxy groups -OCH3 is 1. The van der Waals surface area contributed by atoms with E-state index in [4.69, 9.17) is 16.3 Å². The van der Waals surface area contributed by atoms with Crippen LogP contribution in [0.4, 0.5) is 17.5 Å². The lowest BCUT2D eigenvalue weighted by Crippen LogP contribution is -2.10. The minimum Gasteiger partial charge on any atom is -0.383 e. The first kappa shape index (κ1) is 16.5. The summed E-state index contributed by atoms with van der Waals surface area (Å²) in [6.45, 7) is 3.24. The third-order valence-electron chi connectivity index (χ3n) is 3.72. The van der Waals surface area contributed by atoms with Crippen LogP contribution < -0.4 is 10.6 Å². The number of ether oxygens (including phenoxy) is 1. The van der Waals surface area contributed by atoms with Gasteiger partial charge in [0, 0.05) is 29.8 Å². The van der Waals surface area contributed by atoms with Crippen molar-refractivity contribution in [1.82, 2.24) is 9.97 Å². The topological polar surface area (TPSA) is 59.1 Å². The first-order chi connectivity index (χ1) is 11.7. The Balaban J connectivity index is 1.97. The molecule has 0 bridgehead atoms. The van der Waals surface area contributed by atoms with E-state index in [1.165, 1.54) is 0 Å². The van der Waals surface area contributed by atoms with Crippen LogP contribution in [0.25, 0.3) is 10.9 Å². The fourth-order valence-electron chi connectivity index (χ4n) is 2.40. The van der Waals surface area contributed by atoms with Gasteiger partial charge in [-0.15, -0.1) is 0 Å². The van der Waals surface area contributed by atoms with Gasteiger partial charge in [0.25, 0.3) is 0 Å². The van der Waals surface area contributed by atoms with Crippen molar-refractivity contribution < 1.29 is 4.74 Å². The van der Waals surface area contributed by atoms with Gasteiger partial charge in [0.05, 0.1) is 12.1 Å². The second kappa shape index (κ2) is 7.47. The molecule has 0 unspecified atom stereocenters. The zero-order valence-electron chi connectivity index (χ0n) is 13.6. The van der Waals surface area contributed by atoms with Crippen LogP contribution in [0.3, 0.4) is 0 Å². The van der Waals surface area contributed by atoms with Crippen molar-refractivity contribution in [3.05, 3.63) is 53.1 Å². The number of aromatic nitrogens is 2. The van der Waals surface area contributed by atoms with Crippen LogP contribution in [0.15, 0.2) is 42.5 Å². The Morgan fingerprint density at radius 3 is 2.75 bits per heavy atom. The van der Waals surface area contributed by atoms with E-state index in [2.05, 4.69) is 20.6 Å². The maximum absolute atomic E-state index is 6.18. The number of rotatable bonds is 6. The molecule has 0 aliphatic rings. The molecule has 0 saturated heterocycles. The van der Waals surface area contributed by atoms with Gasteiger partial charge in [-0.3, -0.25) is 0 Å². The monoisotopic (exact) mass is 342 g/mol. The number of anilines is 3. The highest BCUT2D eigenvalue weighted by atomic mass is 35.5. The molecule has 0 spiro atoms. The Morgan fingerprint density at radius 2 is 1.92 bits per heavy atom. The number of hydrogen-bond donors (Lipinski definition) is 2. The maximum atomic E-state index is 6.18. The van der Waals surface area contributed by atoms with Gasteiger partial charge >= 0.3 is 0 Å². The lowest BCUT2D eigenvalue weighted by molar-refractivity contribution is 0.210. The molecular weight excluding hydrogens is 324 g/mol. The fourth-order valence-corrected chi connectivity index (χ4v) is 2.58. The van der Waals surface area contributed by atoms with Crippen molar-refractivity contribution in [2.45, 2.75) is 6.92 Å².